The molecule has 0 aliphatic heterocycles. The van der Waals surface area contributed by atoms with Gasteiger partial charge in [-0.15, -0.1) is 0 Å². The molecule has 86 valence electrons. The largest absolute Gasteiger partial charge is 0.293 e. The van der Waals surface area contributed by atoms with Gasteiger partial charge in [0.1, 0.15) is 0 Å². The van der Waals surface area contributed by atoms with Crippen molar-refractivity contribution in [2.45, 2.75) is 17.1 Å². The molecule has 0 aliphatic carbocycles. The van der Waals surface area contributed by atoms with Gasteiger partial charge in [-0.3, -0.25) is 14.9 Å². The van der Waals surface area contributed by atoms with Crippen LogP contribution in [0, 0.1) is 10.1 Å². The van der Waals surface area contributed by atoms with Gasteiger partial charge in [-0.2, -0.15) is 0 Å². The van der Waals surface area contributed by atoms with Gasteiger partial charge in [0.25, 0.3) is 5.69 Å². The molecule has 0 N–H and O–H groups in total. The fourth-order valence-electron chi connectivity index (χ4n) is 1.33. The van der Waals surface area contributed by atoms with Crippen molar-refractivity contribution in [3.05, 3.63) is 39.4 Å². The van der Waals surface area contributed by atoms with Crippen LogP contribution in [0.15, 0.2) is 18.2 Å². The van der Waals surface area contributed by atoms with Gasteiger partial charge in [0.2, 0.25) is 0 Å². The summed E-state index contributed by atoms with van der Waals surface area (Å²) in [4.78, 5) is 21.8. The van der Waals surface area contributed by atoms with Gasteiger partial charge in [-0.1, -0.05) is 44.0 Å². The number of hydrogen-bond acceptors (Lipinski definition) is 3. The molecule has 1 rings (SSSR count). The van der Waals surface area contributed by atoms with E-state index >= 15 is 0 Å². The summed E-state index contributed by atoms with van der Waals surface area (Å²) in [5, 5.41) is 11.3. The third kappa shape index (κ3) is 2.68. The average molecular weight is 351 g/mol. The summed E-state index contributed by atoms with van der Waals surface area (Å²) >= 11 is 6.29. The highest BCUT2D eigenvalue weighted by Crippen LogP contribution is 2.27. The van der Waals surface area contributed by atoms with Crippen LogP contribution in [0.1, 0.15) is 22.8 Å². The van der Waals surface area contributed by atoms with Crippen molar-refractivity contribution in [3.63, 3.8) is 0 Å². The Balaban J connectivity index is 3.39. The van der Waals surface area contributed by atoms with Crippen molar-refractivity contribution in [1.82, 2.24) is 0 Å². The Morgan fingerprint density at radius 2 is 2.19 bits per heavy atom. The van der Waals surface area contributed by atoms with Crippen LogP contribution >= 0.6 is 31.9 Å². The number of para-hydroxylation sites is 1. The minimum absolute atomic E-state index is 0.115. The van der Waals surface area contributed by atoms with Gasteiger partial charge in [0.15, 0.2) is 5.78 Å². The molecule has 0 bridgehead atoms. The Morgan fingerprint density at radius 3 is 2.62 bits per heavy atom. The molecule has 0 amide bonds. The zero-order valence-electron chi connectivity index (χ0n) is 8.44. The standard InChI is InChI=1S/C10H9Br2NO3/c1-6(12)10(14)8-4-2-3-7(5-11)9(8)13(15)16/h2-4,6H,5H2,1H3. The van der Waals surface area contributed by atoms with Crippen LogP contribution in [-0.2, 0) is 5.33 Å². The van der Waals surface area contributed by atoms with Crippen LogP contribution in [0.2, 0.25) is 0 Å². The van der Waals surface area contributed by atoms with Crippen LogP contribution in [0.4, 0.5) is 5.69 Å². The second-order valence-corrected chi connectivity index (χ2v) is 5.12. The minimum Gasteiger partial charge on any atom is -0.293 e. The zero-order valence-corrected chi connectivity index (χ0v) is 11.6. The Labute approximate surface area is 109 Å². The fourth-order valence-corrected chi connectivity index (χ4v) is 2.03. The Kier molecular flexibility index (Phi) is 4.61. The monoisotopic (exact) mass is 349 g/mol. The lowest BCUT2D eigenvalue weighted by Crippen LogP contribution is -2.13. The maximum atomic E-state index is 11.8. The third-order valence-electron chi connectivity index (χ3n) is 2.07. The second-order valence-electron chi connectivity index (χ2n) is 3.18. The molecule has 0 saturated carbocycles. The van der Waals surface area contributed by atoms with Crippen molar-refractivity contribution in [1.29, 1.82) is 0 Å². The number of benzene rings is 1. The summed E-state index contributed by atoms with van der Waals surface area (Å²) in [6.45, 7) is 1.65. The number of rotatable bonds is 4. The third-order valence-corrected chi connectivity index (χ3v) is 3.09. The van der Waals surface area contributed by atoms with E-state index < -0.39 is 9.75 Å². The second kappa shape index (κ2) is 5.54. The molecule has 0 radical (unpaired) electrons. The highest BCUT2D eigenvalue weighted by molar-refractivity contribution is 9.10. The number of nitro groups is 1. The number of nitrogens with zero attached hydrogens (tertiary/aromatic N) is 1. The summed E-state index contributed by atoms with van der Waals surface area (Å²) in [5.74, 6) is -0.283. The summed E-state index contributed by atoms with van der Waals surface area (Å²) in [6.07, 6.45) is 0. The maximum absolute atomic E-state index is 11.8. The lowest BCUT2D eigenvalue weighted by molar-refractivity contribution is -0.385. The summed E-state index contributed by atoms with van der Waals surface area (Å²) < 4.78 is 0. The molecule has 16 heavy (non-hydrogen) atoms. The van der Waals surface area contributed by atoms with E-state index in [1.807, 2.05) is 0 Å². The molecule has 0 aromatic heterocycles. The van der Waals surface area contributed by atoms with E-state index in [4.69, 9.17) is 0 Å². The van der Waals surface area contributed by atoms with Crippen LogP contribution < -0.4 is 0 Å². The lowest BCUT2D eigenvalue weighted by atomic mass is 10.0. The van der Waals surface area contributed by atoms with Gasteiger partial charge in [0.05, 0.1) is 15.3 Å². The van der Waals surface area contributed by atoms with E-state index in [0.29, 0.717) is 10.9 Å². The summed E-state index contributed by atoms with van der Waals surface area (Å²) in [6, 6.07) is 4.75. The number of ketones is 1. The first-order chi connectivity index (χ1) is 7.49. The maximum Gasteiger partial charge on any atom is 0.284 e. The smallest absolute Gasteiger partial charge is 0.284 e. The first-order valence-electron chi connectivity index (χ1n) is 4.49. The van der Waals surface area contributed by atoms with Crippen LogP contribution in [0.5, 0.6) is 0 Å². The predicted octanol–water partition coefficient (Wildman–Crippen LogP) is 3.46. The van der Waals surface area contributed by atoms with Gasteiger partial charge in [-0.05, 0) is 13.0 Å². The van der Waals surface area contributed by atoms with E-state index in [1.165, 1.54) is 6.07 Å². The minimum atomic E-state index is -0.515. The normalized spacial score (nSPS) is 12.2. The van der Waals surface area contributed by atoms with Crippen molar-refractivity contribution in [3.8, 4) is 0 Å². The Hall–Kier alpha value is -0.750. The molecule has 0 saturated heterocycles. The summed E-state index contributed by atoms with van der Waals surface area (Å²) in [5.41, 5.74) is 0.533. The first-order valence-corrected chi connectivity index (χ1v) is 6.53. The number of Topliss-reactive ketones (excluding diaryl/α,β-unsaturated/α-hetero) is 1. The van der Waals surface area contributed by atoms with E-state index in [1.54, 1.807) is 19.1 Å². The molecular weight excluding hydrogens is 342 g/mol. The van der Waals surface area contributed by atoms with Gasteiger partial charge in [-0.25, -0.2) is 0 Å². The number of carbonyl (C=O) groups excluding carboxylic acids is 1. The molecule has 6 heteroatoms. The van der Waals surface area contributed by atoms with E-state index in [-0.39, 0.29) is 17.0 Å². The topological polar surface area (TPSA) is 60.2 Å². The lowest BCUT2D eigenvalue weighted by Gasteiger charge is -2.06. The van der Waals surface area contributed by atoms with Gasteiger partial charge >= 0.3 is 0 Å². The van der Waals surface area contributed by atoms with Crippen molar-refractivity contribution in [2.24, 2.45) is 0 Å². The van der Waals surface area contributed by atoms with E-state index in [0.717, 1.165) is 0 Å². The predicted molar refractivity (Wildman–Crippen MR) is 68.4 cm³/mol. The van der Waals surface area contributed by atoms with E-state index in [9.17, 15) is 14.9 Å². The Bertz CT molecular complexity index is 432. The number of carbonyl (C=O) groups is 1. The van der Waals surface area contributed by atoms with Crippen LogP contribution in [0.3, 0.4) is 0 Å². The van der Waals surface area contributed by atoms with E-state index in [2.05, 4.69) is 31.9 Å². The number of halogens is 2. The van der Waals surface area contributed by atoms with Crippen LogP contribution in [-0.4, -0.2) is 15.5 Å². The number of alkyl halides is 2. The molecule has 1 unspecified atom stereocenters. The first kappa shape index (κ1) is 13.3. The van der Waals surface area contributed by atoms with Crippen molar-refractivity contribution in [2.75, 3.05) is 0 Å². The van der Waals surface area contributed by atoms with Gasteiger partial charge < -0.3 is 0 Å². The van der Waals surface area contributed by atoms with Crippen molar-refractivity contribution >= 4 is 43.3 Å². The molecule has 0 aliphatic rings. The highest BCUT2D eigenvalue weighted by atomic mass is 79.9. The molecule has 0 fully saturated rings. The van der Waals surface area contributed by atoms with Gasteiger partial charge in [0, 0.05) is 10.9 Å². The Morgan fingerprint density at radius 1 is 1.56 bits per heavy atom. The number of hydrogen-bond donors (Lipinski definition) is 0. The molecular formula is C10H9Br2NO3. The molecule has 1 atom stereocenters. The molecule has 1 aromatic carbocycles. The highest BCUT2D eigenvalue weighted by Gasteiger charge is 2.25. The molecule has 0 spiro atoms. The average Bonchev–Trinajstić information content (AvgIpc) is 2.26. The summed E-state index contributed by atoms with van der Waals surface area (Å²) in [7, 11) is 0. The quantitative estimate of drug-likeness (QED) is 0.361. The molecule has 4 nitrogen and oxygen atoms in total. The fraction of sp³-hybridized carbons (Fsp3) is 0.300. The zero-order chi connectivity index (χ0) is 12.3. The molecule has 0 heterocycles. The van der Waals surface area contributed by atoms with Crippen LogP contribution in [0.25, 0.3) is 0 Å². The molecule has 1 aromatic rings. The number of nitro benzene ring substituents is 1. The van der Waals surface area contributed by atoms with Crippen molar-refractivity contribution < 1.29 is 9.72 Å². The SMILES string of the molecule is CC(Br)C(=O)c1cccc(CBr)c1[N+](=O)[O-].